The van der Waals surface area contributed by atoms with Gasteiger partial charge in [-0.3, -0.25) is 0 Å². The van der Waals surface area contributed by atoms with E-state index in [-0.39, 0.29) is 12.6 Å². The number of nitrogens with two attached hydrogens (primary N) is 1. The van der Waals surface area contributed by atoms with Gasteiger partial charge in [0.2, 0.25) is 10.0 Å². The van der Waals surface area contributed by atoms with Gasteiger partial charge in [-0.25, -0.2) is 21.9 Å². The first kappa shape index (κ1) is 15.1. The van der Waals surface area contributed by atoms with Gasteiger partial charge in [0.15, 0.2) is 5.82 Å². The van der Waals surface area contributed by atoms with Crippen LogP contribution in [0.5, 0.6) is 0 Å². The SMILES string of the molecule is CN1CCCC1CNS(=O)(=O)c1ccc(F)c(N)c1F. The van der Waals surface area contributed by atoms with E-state index in [1.807, 2.05) is 11.9 Å². The molecule has 5 nitrogen and oxygen atoms in total. The standard InChI is InChI=1S/C12H17F2N3O2S/c1-17-6-2-3-8(17)7-16-20(18,19)10-5-4-9(13)12(15)11(10)14/h4-5,8,16H,2-3,6-7,15H2,1H3. The lowest BCUT2D eigenvalue weighted by Gasteiger charge is -2.19. The topological polar surface area (TPSA) is 75.4 Å². The van der Waals surface area contributed by atoms with Crippen LogP contribution < -0.4 is 10.5 Å². The molecule has 0 spiro atoms. The Morgan fingerprint density at radius 3 is 2.75 bits per heavy atom. The number of nitrogen functional groups attached to an aromatic ring is 1. The molecule has 0 bridgehead atoms. The van der Waals surface area contributed by atoms with Crippen LogP contribution in [0, 0.1) is 11.6 Å². The first-order chi connectivity index (χ1) is 9.33. The van der Waals surface area contributed by atoms with Crippen molar-refractivity contribution in [1.82, 2.24) is 9.62 Å². The molecular formula is C12H17F2N3O2S. The lowest BCUT2D eigenvalue weighted by Crippen LogP contribution is -2.38. The molecule has 112 valence electrons. The zero-order valence-corrected chi connectivity index (χ0v) is 11.9. The highest BCUT2D eigenvalue weighted by molar-refractivity contribution is 7.89. The quantitative estimate of drug-likeness (QED) is 0.811. The normalized spacial score (nSPS) is 20.4. The largest absolute Gasteiger partial charge is 0.394 e. The number of likely N-dealkylation sites (N-methyl/N-ethyl adjacent to an activating group) is 1. The molecule has 2 rings (SSSR count). The maximum absolute atomic E-state index is 13.7. The van der Waals surface area contributed by atoms with Crippen molar-refractivity contribution < 1.29 is 17.2 Å². The van der Waals surface area contributed by atoms with Crippen LogP contribution in [0.2, 0.25) is 0 Å². The highest BCUT2D eigenvalue weighted by Gasteiger charge is 2.26. The molecule has 0 saturated carbocycles. The number of nitrogens with one attached hydrogen (secondary N) is 1. The molecule has 1 aromatic rings. The zero-order chi connectivity index (χ0) is 14.9. The number of anilines is 1. The summed E-state index contributed by atoms with van der Waals surface area (Å²) in [7, 11) is -2.13. The lowest BCUT2D eigenvalue weighted by atomic mass is 10.2. The number of benzene rings is 1. The smallest absolute Gasteiger partial charge is 0.243 e. The molecule has 8 heteroatoms. The monoisotopic (exact) mass is 305 g/mol. The van der Waals surface area contributed by atoms with Crippen molar-refractivity contribution in [3.05, 3.63) is 23.8 Å². The van der Waals surface area contributed by atoms with Crippen molar-refractivity contribution in [2.24, 2.45) is 0 Å². The highest BCUT2D eigenvalue weighted by atomic mass is 32.2. The third kappa shape index (κ3) is 2.92. The van der Waals surface area contributed by atoms with Gasteiger partial charge in [-0.15, -0.1) is 0 Å². The summed E-state index contributed by atoms with van der Waals surface area (Å²) in [5.74, 6) is -2.23. The van der Waals surface area contributed by atoms with E-state index in [1.54, 1.807) is 0 Å². The Labute approximate surface area is 116 Å². The van der Waals surface area contributed by atoms with Crippen molar-refractivity contribution >= 4 is 15.7 Å². The molecule has 0 radical (unpaired) electrons. The van der Waals surface area contributed by atoms with Crippen molar-refractivity contribution in [1.29, 1.82) is 0 Å². The summed E-state index contributed by atoms with van der Waals surface area (Å²) in [6.07, 6.45) is 1.88. The molecule has 20 heavy (non-hydrogen) atoms. The molecular weight excluding hydrogens is 288 g/mol. The Hall–Kier alpha value is -1.25. The predicted molar refractivity (Wildman–Crippen MR) is 71.6 cm³/mol. The van der Waals surface area contributed by atoms with Gasteiger partial charge >= 0.3 is 0 Å². The number of sulfonamides is 1. The number of hydrogen-bond donors (Lipinski definition) is 2. The Morgan fingerprint density at radius 1 is 1.45 bits per heavy atom. The molecule has 1 aliphatic heterocycles. The predicted octanol–water partition coefficient (Wildman–Crippen LogP) is 0.919. The highest BCUT2D eigenvalue weighted by Crippen LogP contribution is 2.23. The van der Waals surface area contributed by atoms with Crippen molar-refractivity contribution in [2.75, 3.05) is 25.9 Å². The van der Waals surface area contributed by atoms with E-state index in [1.165, 1.54) is 0 Å². The van der Waals surface area contributed by atoms with Crippen LogP contribution in [-0.2, 0) is 10.0 Å². The molecule has 1 heterocycles. The minimum atomic E-state index is -4.04. The van der Waals surface area contributed by atoms with E-state index >= 15 is 0 Å². The molecule has 1 fully saturated rings. The van der Waals surface area contributed by atoms with Gasteiger partial charge in [0.25, 0.3) is 0 Å². The van der Waals surface area contributed by atoms with E-state index in [0.29, 0.717) is 0 Å². The Morgan fingerprint density at radius 2 is 2.15 bits per heavy atom. The van der Waals surface area contributed by atoms with Gasteiger partial charge in [-0.1, -0.05) is 0 Å². The minimum absolute atomic E-state index is 0.0885. The molecule has 1 aliphatic rings. The molecule has 1 aromatic carbocycles. The van der Waals surface area contributed by atoms with Gasteiger partial charge in [-0.2, -0.15) is 0 Å². The minimum Gasteiger partial charge on any atom is -0.394 e. The van der Waals surface area contributed by atoms with E-state index in [9.17, 15) is 17.2 Å². The summed E-state index contributed by atoms with van der Waals surface area (Å²) in [6.45, 7) is 1.10. The van der Waals surface area contributed by atoms with Gasteiger partial charge in [0.05, 0.1) is 0 Å². The summed E-state index contributed by atoms with van der Waals surface area (Å²) in [5, 5.41) is 0. The fourth-order valence-corrected chi connectivity index (χ4v) is 3.44. The van der Waals surface area contributed by atoms with Crippen molar-refractivity contribution in [3.63, 3.8) is 0 Å². The molecule has 1 atom stereocenters. The number of nitrogens with zero attached hydrogens (tertiary/aromatic N) is 1. The van der Waals surface area contributed by atoms with Crippen LogP contribution in [0.1, 0.15) is 12.8 Å². The van der Waals surface area contributed by atoms with E-state index < -0.39 is 32.2 Å². The molecule has 1 saturated heterocycles. The fraction of sp³-hybridized carbons (Fsp3) is 0.500. The van der Waals surface area contributed by atoms with E-state index in [4.69, 9.17) is 5.73 Å². The third-order valence-corrected chi connectivity index (χ3v) is 5.00. The maximum Gasteiger partial charge on any atom is 0.243 e. The number of halogens is 2. The molecule has 0 amide bonds. The first-order valence-electron chi connectivity index (χ1n) is 6.26. The summed E-state index contributed by atoms with van der Waals surface area (Å²) in [6, 6.07) is 1.81. The van der Waals surface area contributed by atoms with Gasteiger partial charge in [0.1, 0.15) is 16.4 Å². The Bertz CT molecular complexity index is 607. The third-order valence-electron chi connectivity index (χ3n) is 3.56. The average Bonchev–Trinajstić information content (AvgIpc) is 2.79. The van der Waals surface area contributed by atoms with E-state index in [2.05, 4.69) is 4.72 Å². The van der Waals surface area contributed by atoms with Crippen LogP contribution in [-0.4, -0.2) is 39.5 Å². The second kappa shape index (κ2) is 5.63. The molecule has 0 aromatic heterocycles. The van der Waals surface area contributed by atoms with Crippen LogP contribution >= 0.6 is 0 Å². The average molecular weight is 305 g/mol. The summed E-state index contributed by atoms with van der Waals surface area (Å²) >= 11 is 0. The van der Waals surface area contributed by atoms with Crippen LogP contribution in [0.15, 0.2) is 17.0 Å². The number of rotatable bonds is 4. The molecule has 1 unspecified atom stereocenters. The molecule has 0 aliphatic carbocycles. The fourth-order valence-electron chi connectivity index (χ4n) is 2.28. The number of likely N-dealkylation sites (tertiary alicyclic amines) is 1. The van der Waals surface area contributed by atoms with Gasteiger partial charge in [-0.05, 0) is 38.6 Å². The maximum atomic E-state index is 13.7. The summed E-state index contributed by atoms with van der Waals surface area (Å²) in [4.78, 5) is 1.41. The summed E-state index contributed by atoms with van der Waals surface area (Å²) in [5.41, 5.74) is 4.38. The number of hydrogen-bond acceptors (Lipinski definition) is 4. The van der Waals surface area contributed by atoms with Crippen molar-refractivity contribution in [3.8, 4) is 0 Å². The Kier molecular flexibility index (Phi) is 4.26. The molecule has 3 N–H and O–H groups in total. The Balaban J connectivity index is 2.16. The first-order valence-corrected chi connectivity index (χ1v) is 7.74. The van der Waals surface area contributed by atoms with Crippen LogP contribution in [0.4, 0.5) is 14.5 Å². The second-order valence-electron chi connectivity index (χ2n) is 4.90. The lowest BCUT2D eigenvalue weighted by molar-refractivity contribution is 0.310. The van der Waals surface area contributed by atoms with Crippen LogP contribution in [0.3, 0.4) is 0 Å². The van der Waals surface area contributed by atoms with E-state index in [0.717, 1.165) is 31.5 Å². The summed E-state index contributed by atoms with van der Waals surface area (Å²) < 4.78 is 53.2. The second-order valence-corrected chi connectivity index (χ2v) is 6.64. The van der Waals surface area contributed by atoms with Gasteiger partial charge < -0.3 is 10.6 Å². The van der Waals surface area contributed by atoms with Gasteiger partial charge in [0, 0.05) is 12.6 Å². The van der Waals surface area contributed by atoms with Crippen LogP contribution in [0.25, 0.3) is 0 Å². The zero-order valence-electron chi connectivity index (χ0n) is 11.1. The van der Waals surface area contributed by atoms with Crippen molar-refractivity contribution in [2.45, 2.75) is 23.8 Å².